The van der Waals surface area contributed by atoms with Crippen LogP contribution in [0.4, 0.5) is 16.3 Å². The first-order valence-corrected chi connectivity index (χ1v) is 8.30. The summed E-state index contributed by atoms with van der Waals surface area (Å²) in [5, 5.41) is 9.25. The minimum absolute atomic E-state index is 0.0206. The maximum Gasteiger partial charge on any atom is 0.322 e. The lowest BCUT2D eigenvalue weighted by molar-refractivity contribution is -0.116. The van der Waals surface area contributed by atoms with Gasteiger partial charge in [0.15, 0.2) is 5.82 Å². The van der Waals surface area contributed by atoms with Crippen molar-refractivity contribution >= 4 is 23.4 Å². The molecule has 2 aromatic rings. The zero-order chi connectivity index (χ0) is 18.0. The number of carbonyl (C=O) groups excluding carboxylic acids is 2. The molecule has 1 aliphatic rings. The summed E-state index contributed by atoms with van der Waals surface area (Å²) in [7, 11) is 0. The number of urea groups is 1. The van der Waals surface area contributed by atoms with E-state index in [2.05, 4.69) is 15.8 Å². The average molecular weight is 342 g/mol. The van der Waals surface area contributed by atoms with Gasteiger partial charge in [-0.2, -0.15) is 0 Å². The summed E-state index contributed by atoms with van der Waals surface area (Å²) in [6.45, 7) is 5.74. The van der Waals surface area contributed by atoms with Gasteiger partial charge in [-0.25, -0.2) is 4.79 Å². The summed E-state index contributed by atoms with van der Waals surface area (Å²) >= 11 is 0. The Kier molecular flexibility index (Phi) is 4.74. The standard InChI is InChI=1S/C18H22N4O3/c1-11-4-5-14(8-12(11)2)19-18(24)22(15-6-7-15)10-17(23)20-16-9-13(3)25-21-16/h4-5,8-9,15H,6-7,10H2,1-3H3,(H,19,24)(H,20,21,23). The summed E-state index contributed by atoms with van der Waals surface area (Å²) in [6, 6.07) is 7.23. The Labute approximate surface area is 146 Å². The molecule has 0 spiro atoms. The van der Waals surface area contributed by atoms with E-state index in [-0.39, 0.29) is 24.5 Å². The maximum atomic E-state index is 12.6. The van der Waals surface area contributed by atoms with Gasteiger partial charge in [-0.15, -0.1) is 0 Å². The number of hydrogen-bond donors (Lipinski definition) is 2. The normalized spacial score (nSPS) is 13.4. The third kappa shape index (κ3) is 4.37. The molecule has 2 N–H and O–H groups in total. The Morgan fingerprint density at radius 3 is 2.52 bits per heavy atom. The zero-order valence-electron chi connectivity index (χ0n) is 14.6. The van der Waals surface area contributed by atoms with Gasteiger partial charge in [0.1, 0.15) is 12.3 Å². The van der Waals surface area contributed by atoms with Crippen molar-refractivity contribution in [2.24, 2.45) is 0 Å². The predicted octanol–water partition coefficient (Wildman–Crippen LogP) is 3.23. The Bertz CT molecular complexity index is 795. The van der Waals surface area contributed by atoms with Crippen molar-refractivity contribution in [1.82, 2.24) is 10.1 Å². The van der Waals surface area contributed by atoms with E-state index in [9.17, 15) is 9.59 Å². The first-order chi connectivity index (χ1) is 11.9. The van der Waals surface area contributed by atoms with Crippen molar-refractivity contribution in [1.29, 1.82) is 0 Å². The van der Waals surface area contributed by atoms with Gasteiger partial charge in [0.2, 0.25) is 5.91 Å². The molecule has 132 valence electrons. The van der Waals surface area contributed by atoms with E-state index in [1.165, 1.54) is 5.56 Å². The van der Waals surface area contributed by atoms with Gasteiger partial charge >= 0.3 is 6.03 Å². The Balaban J connectivity index is 1.62. The fourth-order valence-electron chi connectivity index (χ4n) is 2.53. The van der Waals surface area contributed by atoms with Crippen molar-refractivity contribution in [2.45, 2.75) is 39.7 Å². The Morgan fingerprint density at radius 1 is 1.16 bits per heavy atom. The highest BCUT2D eigenvalue weighted by atomic mass is 16.5. The third-order valence-corrected chi connectivity index (χ3v) is 4.22. The van der Waals surface area contributed by atoms with Crippen molar-refractivity contribution in [3.05, 3.63) is 41.2 Å². The van der Waals surface area contributed by atoms with E-state index in [4.69, 9.17) is 4.52 Å². The number of nitrogens with one attached hydrogen (secondary N) is 2. The van der Waals surface area contributed by atoms with Gasteiger partial charge in [0.05, 0.1) is 0 Å². The molecule has 3 amide bonds. The Morgan fingerprint density at radius 2 is 1.92 bits per heavy atom. The maximum absolute atomic E-state index is 12.6. The molecule has 1 saturated carbocycles. The molecule has 3 rings (SSSR count). The summed E-state index contributed by atoms with van der Waals surface area (Å²) in [5.74, 6) is 0.671. The zero-order valence-corrected chi connectivity index (χ0v) is 14.6. The Hall–Kier alpha value is -2.83. The third-order valence-electron chi connectivity index (χ3n) is 4.22. The molecule has 7 heteroatoms. The molecule has 7 nitrogen and oxygen atoms in total. The van der Waals surface area contributed by atoms with Gasteiger partial charge in [0, 0.05) is 17.8 Å². The number of anilines is 2. The van der Waals surface area contributed by atoms with E-state index >= 15 is 0 Å². The van der Waals surface area contributed by atoms with Crippen LogP contribution in [-0.2, 0) is 4.79 Å². The van der Waals surface area contributed by atoms with Crippen molar-refractivity contribution in [2.75, 3.05) is 17.2 Å². The second-order valence-electron chi connectivity index (χ2n) is 6.46. The first-order valence-electron chi connectivity index (χ1n) is 8.30. The van der Waals surface area contributed by atoms with Crippen molar-refractivity contribution in [3.8, 4) is 0 Å². The summed E-state index contributed by atoms with van der Waals surface area (Å²) in [6.07, 6.45) is 1.83. The lowest BCUT2D eigenvalue weighted by Crippen LogP contribution is -2.42. The van der Waals surface area contributed by atoms with Crippen LogP contribution in [0.2, 0.25) is 0 Å². The van der Waals surface area contributed by atoms with Crippen LogP contribution in [0.3, 0.4) is 0 Å². The van der Waals surface area contributed by atoms with E-state index in [1.54, 1.807) is 17.9 Å². The molecule has 1 aromatic heterocycles. The van der Waals surface area contributed by atoms with Crippen LogP contribution in [0, 0.1) is 20.8 Å². The van der Waals surface area contributed by atoms with Crippen LogP contribution < -0.4 is 10.6 Å². The second kappa shape index (κ2) is 6.96. The highest BCUT2D eigenvalue weighted by Gasteiger charge is 2.34. The molecule has 0 aliphatic heterocycles. The highest BCUT2D eigenvalue weighted by molar-refractivity contribution is 5.96. The van der Waals surface area contributed by atoms with Crippen LogP contribution in [0.15, 0.2) is 28.8 Å². The molecule has 1 aromatic carbocycles. The van der Waals surface area contributed by atoms with Gasteiger partial charge in [0.25, 0.3) is 0 Å². The molecule has 1 aliphatic carbocycles. The lowest BCUT2D eigenvalue weighted by atomic mass is 10.1. The van der Waals surface area contributed by atoms with Crippen LogP contribution in [-0.4, -0.2) is 34.6 Å². The number of rotatable bonds is 5. The topological polar surface area (TPSA) is 87.5 Å². The summed E-state index contributed by atoms with van der Waals surface area (Å²) in [4.78, 5) is 26.4. The number of carbonyl (C=O) groups is 2. The largest absolute Gasteiger partial charge is 0.360 e. The van der Waals surface area contributed by atoms with Gasteiger partial charge in [-0.05, 0) is 56.9 Å². The second-order valence-corrected chi connectivity index (χ2v) is 6.46. The average Bonchev–Trinajstić information content (AvgIpc) is 3.31. The molecule has 0 atom stereocenters. The molecule has 0 saturated heterocycles. The molecule has 25 heavy (non-hydrogen) atoms. The van der Waals surface area contributed by atoms with Crippen LogP contribution >= 0.6 is 0 Å². The molecular formula is C18H22N4O3. The molecular weight excluding hydrogens is 320 g/mol. The van der Waals surface area contributed by atoms with E-state index in [0.717, 1.165) is 24.1 Å². The fraction of sp³-hybridized carbons (Fsp3) is 0.389. The molecule has 1 heterocycles. The number of aromatic nitrogens is 1. The summed E-state index contributed by atoms with van der Waals surface area (Å²) in [5.41, 5.74) is 3.00. The smallest absolute Gasteiger partial charge is 0.322 e. The quantitative estimate of drug-likeness (QED) is 0.873. The van der Waals surface area contributed by atoms with Crippen LogP contribution in [0.5, 0.6) is 0 Å². The van der Waals surface area contributed by atoms with Crippen molar-refractivity contribution in [3.63, 3.8) is 0 Å². The minimum Gasteiger partial charge on any atom is -0.360 e. The van der Waals surface area contributed by atoms with Gasteiger partial charge in [-0.1, -0.05) is 11.2 Å². The van der Waals surface area contributed by atoms with Gasteiger partial charge in [-0.3, -0.25) is 4.79 Å². The number of aryl methyl sites for hydroxylation is 3. The number of benzene rings is 1. The molecule has 0 unspecified atom stereocenters. The van der Waals surface area contributed by atoms with E-state index in [1.807, 2.05) is 32.0 Å². The monoisotopic (exact) mass is 342 g/mol. The molecule has 1 fully saturated rings. The van der Waals surface area contributed by atoms with E-state index < -0.39 is 0 Å². The first kappa shape index (κ1) is 17.0. The minimum atomic E-state index is -0.296. The molecule has 0 radical (unpaired) electrons. The van der Waals surface area contributed by atoms with Crippen LogP contribution in [0.25, 0.3) is 0 Å². The van der Waals surface area contributed by atoms with E-state index in [0.29, 0.717) is 11.6 Å². The van der Waals surface area contributed by atoms with Crippen LogP contribution in [0.1, 0.15) is 29.7 Å². The van der Waals surface area contributed by atoms with Gasteiger partial charge < -0.3 is 20.1 Å². The SMILES string of the molecule is Cc1cc(NC(=O)CN(C(=O)Nc2ccc(C)c(C)c2)C2CC2)no1. The van der Waals surface area contributed by atoms with Crippen molar-refractivity contribution < 1.29 is 14.1 Å². The number of amides is 3. The highest BCUT2D eigenvalue weighted by Crippen LogP contribution is 2.27. The fourth-order valence-corrected chi connectivity index (χ4v) is 2.53. The lowest BCUT2D eigenvalue weighted by Gasteiger charge is -2.22. The predicted molar refractivity (Wildman–Crippen MR) is 94.5 cm³/mol. The number of hydrogen-bond acceptors (Lipinski definition) is 4. The molecule has 0 bridgehead atoms. The number of nitrogens with zero attached hydrogens (tertiary/aromatic N) is 2. The summed E-state index contributed by atoms with van der Waals surface area (Å²) < 4.78 is 4.92.